The summed E-state index contributed by atoms with van der Waals surface area (Å²) in [4.78, 5) is 42.5. The molecule has 0 radical (unpaired) electrons. The van der Waals surface area contributed by atoms with E-state index in [2.05, 4.69) is 4.98 Å². The van der Waals surface area contributed by atoms with Crippen LogP contribution in [0, 0.1) is 11.2 Å². The van der Waals surface area contributed by atoms with Gasteiger partial charge < -0.3 is 14.2 Å². The van der Waals surface area contributed by atoms with Gasteiger partial charge >= 0.3 is 5.97 Å². The molecule has 0 aliphatic heterocycles. The summed E-state index contributed by atoms with van der Waals surface area (Å²) >= 11 is 0. The molecule has 4 aromatic rings. The molecule has 1 heterocycles. The minimum Gasteiger partial charge on any atom is -0.496 e. The van der Waals surface area contributed by atoms with Gasteiger partial charge in [0.15, 0.2) is 11.6 Å². The van der Waals surface area contributed by atoms with Crippen molar-refractivity contribution in [1.29, 1.82) is 0 Å². The van der Waals surface area contributed by atoms with Crippen molar-refractivity contribution in [3.8, 4) is 17.2 Å². The van der Waals surface area contributed by atoms with Crippen molar-refractivity contribution in [2.24, 2.45) is 5.41 Å². The zero-order valence-corrected chi connectivity index (χ0v) is 21.5. The molecule has 0 bridgehead atoms. The van der Waals surface area contributed by atoms with E-state index in [1.807, 2.05) is 0 Å². The molecular weight excluding hydrogens is 501 g/mol. The fraction of sp³-hybridized carbons (Fsp3) is 0.226. The van der Waals surface area contributed by atoms with Gasteiger partial charge in [0.25, 0.3) is 0 Å². The Hall–Kier alpha value is -4.59. The number of Topliss-reactive ketones (excluding diaryl/α,β-unsaturated/α-hetero) is 2. The van der Waals surface area contributed by atoms with Crippen LogP contribution >= 0.6 is 0 Å². The molecule has 1 fully saturated rings. The molecule has 3 aromatic carbocycles. The van der Waals surface area contributed by atoms with Crippen molar-refractivity contribution in [2.45, 2.75) is 25.7 Å². The minimum absolute atomic E-state index is 0.100. The maximum absolute atomic E-state index is 13.2. The van der Waals surface area contributed by atoms with Crippen LogP contribution in [0.3, 0.4) is 0 Å². The number of nitrogens with zero attached hydrogens (tertiary/aromatic N) is 1. The van der Waals surface area contributed by atoms with Crippen LogP contribution in [0.15, 0.2) is 72.9 Å². The Balaban J connectivity index is 1.28. The number of fused-ring (bicyclic) bond motifs is 1. The lowest BCUT2D eigenvalue weighted by Crippen LogP contribution is -2.28. The molecule has 0 amide bonds. The van der Waals surface area contributed by atoms with Crippen LogP contribution in [0.2, 0.25) is 0 Å². The van der Waals surface area contributed by atoms with Crippen LogP contribution in [-0.4, -0.2) is 36.7 Å². The molecular formula is C31H26FNO6. The number of hydrogen-bond donors (Lipinski definition) is 0. The molecule has 0 atom stereocenters. The largest absolute Gasteiger partial charge is 0.496 e. The number of methoxy groups -OCH3 is 2. The van der Waals surface area contributed by atoms with E-state index in [1.54, 1.807) is 60.8 Å². The lowest BCUT2D eigenvalue weighted by atomic mass is 9.88. The highest BCUT2D eigenvalue weighted by Crippen LogP contribution is 2.49. The van der Waals surface area contributed by atoms with Gasteiger partial charge in [-0.2, -0.15) is 0 Å². The van der Waals surface area contributed by atoms with Crippen molar-refractivity contribution in [2.75, 3.05) is 14.2 Å². The van der Waals surface area contributed by atoms with Gasteiger partial charge in [-0.3, -0.25) is 14.6 Å². The molecule has 0 unspecified atom stereocenters. The maximum Gasteiger partial charge on any atom is 0.341 e. The van der Waals surface area contributed by atoms with Crippen molar-refractivity contribution in [3.63, 3.8) is 0 Å². The first-order chi connectivity index (χ1) is 18.8. The second-order valence-corrected chi connectivity index (χ2v) is 9.52. The Morgan fingerprint density at radius 3 is 2.03 bits per heavy atom. The minimum atomic E-state index is -0.943. The average molecular weight is 528 g/mol. The highest BCUT2D eigenvalue weighted by molar-refractivity contribution is 6.11. The Morgan fingerprint density at radius 2 is 1.46 bits per heavy atom. The second-order valence-electron chi connectivity index (χ2n) is 9.52. The molecule has 0 saturated heterocycles. The molecule has 1 aliphatic carbocycles. The predicted octanol–water partition coefficient (Wildman–Crippen LogP) is 5.67. The first-order valence-corrected chi connectivity index (χ1v) is 12.5. The average Bonchev–Trinajstić information content (AvgIpc) is 3.77. The summed E-state index contributed by atoms with van der Waals surface area (Å²) in [5.74, 6) is 0.290. The third-order valence-electron chi connectivity index (χ3n) is 7.04. The Morgan fingerprint density at radius 1 is 0.846 bits per heavy atom. The fourth-order valence-electron chi connectivity index (χ4n) is 4.63. The van der Waals surface area contributed by atoms with Crippen LogP contribution in [0.1, 0.15) is 34.3 Å². The highest BCUT2D eigenvalue weighted by Gasteiger charge is 2.54. The molecule has 7 nitrogen and oxygen atoms in total. The lowest BCUT2D eigenvalue weighted by Gasteiger charge is -2.14. The number of hydrogen-bond acceptors (Lipinski definition) is 7. The molecule has 198 valence electrons. The van der Waals surface area contributed by atoms with Gasteiger partial charge in [-0.1, -0.05) is 24.3 Å². The number of benzene rings is 3. The quantitative estimate of drug-likeness (QED) is 0.194. The molecule has 5 rings (SSSR count). The van der Waals surface area contributed by atoms with E-state index in [0.717, 1.165) is 5.56 Å². The zero-order chi connectivity index (χ0) is 27.6. The monoisotopic (exact) mass is 527 g/mol. The van der Waals surface area contributed by atoms with Crippen LogP contribution < -0.4 is 9.47 Å². The predicted molar refractivity (Wildman–Crippen MR) is 142 cm³/mol. The Labute approximate surface area is 224 Å². The number of carbonyl (C=O) groups excluding carboxylic acids is 3. The topological polar surface area (TPSA) is 91.8 Å². The molecule has 0 N–H and O–H groups in total. The first kappa shape index (κ1) is 26.0. The smallest absolute Gasteiger partial charge is 0.341 e. The summed E-state index contributed by atoms with van der Waals surface area (Å²) in [7, 11) is 2.76. The standard InChI is InChI=1S/C31H26FNO6/c1-37-27-18-23-25(17-24(27)30(36)38-2)33-14-11-26(23)39-22-9-5-20(6-10-22)16-29(35)31(12-13-31)28(34)15-19-3-7-21(32)8-4-19/h3-11,14,17-18H,12-13,15-16H2,1-2H3. The van der Waals surface area contributed by atoms with Gasteiger partial charge in [0.1, 0.15) is 28.6 Å². The number of ether oxygens (including phenoxy) is 3. The molecule has 1 saturated carbocycles. The maximum atomic E-state index is 13.2. The molecule has 8 heteroatoms. The highest BCUT2D eigenvalue weighted by atomic mass is 19.1. The van der Waals surface area contributed by atoms with Crippen molar-refractivity contribution >= 4 is 28.4 Å². The molecule has 0 spiro atoms. The van der Waals surface area contributed by atoms with Crippen molar-refractivity contribution in [1.82, 2.24) is 4.98 Å². The molecule has 1 aliphatic rings. The number of carbonyl (C=O) groups is 3. The van der Waals surface area contributed by atoms with Gasteiger partial charge in [-0.15, -0.1) is 0 Å². The third-order valence-corrected chi connectivity index (χ3v) is 7.04. The summed E-state index contributed by atoms with van der Waals surface area (Å²) in [5.41, 5.74) is 1.33. The number of rotatable bonds is 10. The summed E-state index contributed by atoms with van der Waals surface area (Å²) in [6.45, 7) is 0. The Bertz CT molecular complexity index is 1560. The van der Waals surface area contributed by atoms with Gasteiger partial charge in [0.05, 0.1) is 25.2 Å². The summed E-state index contributed by atoms with van der Waals surface area (Å²) in [6, 6.07) is 17.9. The number of esters is 1. The van der Waals surface area contributed by atoms with E-state index in [4.69, 9.17) is 14.2 Å². The van der Waals surface area contributed by atoms with E-state index >= 15 is 0 Å². The molecule has 39 heavy (non-hydrogen) atoms. The van der Waals surface area contributed by atoms with Crippen LogP contribution in [-0.2, 0) is 27.2 Å². The van der Waals surface area contributed by atoms with E-state index in [-0.39, 0.29) is 35.8 Å². The van der Waals surface area contributed by atoms with Crippen LogP contribution in [0.5, 0.6) is 17.2 Å². The lowest BCUT2D eigenvalue weighted by molar-refractivity contribution is -0.133. The van der Waals surface area contributed by atoms with Crippen LogP contribution in [0.4, 0.5) is 4.39 Å². The van der Waals surface area contributed by atoms with E-state index in [0.29, 0.717) is 46.6 Å². The van der Waals surface area contributed by atoms with Gasteiger partial charge in [0, 0.05) is 24.4 Å². The number of halogens is 1. The number of pyridine rings is 1. The summed E-state index contributed by atoms with van der Waals surface area (Å²) in [6.07, 6.45) is 2.93. The number of aromatic nitrogens is 1. The number of ketones is 2. The fourth-order valence-corrected chi connectivity index (χ4v) is 4.63. The Kier molecular flexibility index (Phi) is 7.11. The SMILES string of the molecule is COC(=O)c1cc2nccc(Oc3ccc(CC(=O)C4(C(=O)Cc5ccc(F)cc5)CC4)cc3)c2cc1OC. The van der Waals surface area contributed by atoms with E-state index in [1.165, 1.54) is 26.4 Å². The van der Waals surface area contributed by atoms with Crippen LogP contribution in [0.25, 0.3) is 10.9 Å². The summed E-state index contributed by atoms with van der Waals surface area (Å²) < 4.78 is 29.5. The third kappa shape index (κ3) is 5.36. The van der Waals surface area contributed by atoms with E-state index < -0.39 is 11.4 Å². The van der Waals surface area contributed by atoms with E-state index in [9.17, 15) is 18.8 Å². The normalized spacial score (nSPS) is 13.5. The van der Waals surface area contributed by atoms with Gasteiger partial charge in [-0.05, 0) is 66.4 Å². The zero-order valence-electron chi connectivity index (χ0n) is 21.5. The van der Waals surface area contributed by atoms with Crippen molar-refractivity contribution in [3.05, 3.63) is 95.4 Å². The first-order valence-electron chi connectivity index (χ1n) is 12.5. The van der Waals surface area contributed by atoms with Gasteiger partial charge in [0.2, 0.25) is 0 Å². The second kappa shape index (κ2) is 10.6. The summed E-state index contributed by atoms with van der Waals surface area (Å²) in [5, 5.41) is 0.650. The molecule has 1 aromatic heterocycles. The van der Waals surface area contributed by atoms with Crippen molar-refractivity contribution < 1.29 is 33.0 Å². The van der Waals surface area contributed by atoms with Gasteiger partial charge in [-0.25, -0.2) is 9.18 Å².